The lowest BCUT2D eigenvalue weighted by molar-refractivity contribution is -0.245. The molecule has 3 N–H and O–H groups in total. The Bertz CT molecular complexity index is 1270. The van der Waals surface area contributed by atoms with Gasteiger partial charge in [-0.1, -0.05) is 84.6 Å². The normalized spacial score (nSPS) is 19.9. The quantitative estimate of drug-likeness (QED) is 0.316. The molecule has 1 aliphatic heterocycles. The van der Waals surface area contributed by atoms with Crippen molar-refractivity contribution in [2.45, 2.75) is 43.2 Å². The number of hydrogen-bond donors (Lipinski definition) is 2. The van der Waals surface area contributed by atoms with E-state index in [9.17, 15) is 5.11 Å². The van der Waals surface area contributed by atoms with Crippen LogP contribution in [-0.2, 0) is 29.7 Å². The van der Waals surface area contributed by atoms with Crippen LogP contribution in [0.25, 0.3) is 11.1 Å². The molecule has 0 bridgehead atoms. The maximum atomic E-state index is 9.42. The van der Waals surface area contributed by atoms with Crippen LogP contribution in [0.1, 0.15) is 41.1 Å². The third-order valence-corrected chi connectivity index (χ3v) is 7.71. The van der Waals surface area contributed by atoms with Crippen molar-refractivity contribution < 1.29 is 14.6 Å². The predicted molar refractivity (Wildman–Crippen MR) is 142 cm³/mol. The second kappa shape index (κ2) is 11.4. The number of benzene rings is 3. The smallest absolute Gasteiger partial charge is 0.184 e. The van der Waals surface area contributed by atoms with Gasteiger partial charge in [0, 0.05) is 43.7 Å². The van der Waals surface area contributed by atoms with E-state index in [1.54, 1.807) is 11.8 Å². The molecule has 6 nitrogen and oxygen atoms in total. The van der Waals surface area contributed by atoms with Crippen molar-refractivity contribution in [2.24, 2.45) is 12.8 Å². The molecule has 1 fully saturated rings. The molecule has 4 aromatic rings. The van der Waals surface area contributed by atoms with Crippen molar-refractivity contribution in [3.8, 4) is 11.1 Å². The highest BCUT2D eigenvalue weighted by atomic mass is 32.2. The molecule has 7 heteroatoms. The molecule has 0 amide bonds. The summed E-state index contributed by atoms with van der Waals surface area (Å²) < 4.78 is 15.0. The standard InChI is InChI=1S/C29H31N3O3S/c1-32-15-14-31-29(32)36-19-25-16-27(22-8-6-20(18-33)7-9-22)35-28(34-25)23-12-10-21(11-13-23)26-5-3-2-4-24(26)17-30/h2-15,25,27-28,33H,16-19,30H2,1H3. The van der Waals surface area contributed by atoms with E-state index in [2.05, 4.69) is 41.4 Å². The van der Waals surface area contributed by atoms with E-state index in [1.807, 2.05) is 60.4 Å². The van der Waals surface area contributed by atoms with Crippen LogP contribution in [0.5, 0.6) is 0 Å². The Labute approximate surface area is 216 Å². The van der Waals surface area contributed by atoms with Gasteiger partial charge in [-0.15, -0.1) is 0 Å². The third kappa shape index (κ3) is 5.56. The van der Waals surface area contributed by atoms with Crippen LogP contribution in [0.4, 0.5) is 0 Å². The van der Waals surface area contributed by atoms with Crippen LogP contribution in [0.3, 0.4) is 0 Å². The van der Waals surface area contributed by atoms with Gasteiger partial charge >= 0.3 is 0 Å². The zero-order valence-corrected chi connectivity index (χ0v) is 21.1. The van der Waals surface area contributed by atoms with Gasteiger partial charge in [-0.05, 0) is 27.8 Å². The maximum Gasteiger partial charge on any atom is 0.184 e. The fourth-order valence-electron chi connectivity index (χ4n) is 4.48. The first-order chi connectivity index (χ1) is 17.6. The number of aliphatic hydroxyl groups excluding tert-OH is 1. The summed E-state index contributed by atoms with van der Waals surface area (Å²) in [7, 11) is 2.00. The Hall–Kier alpha value is -2.94. The van der Waals surface area contributed by atoms with E-state index in [-0.39, 0.29) is 18.8 Å². The lowest BCUT2D eigenvalue weighted by Gasteiger charge is -2.36. The molecule has 0 saturated carbocycles. The van der Waals surface area contributed by atoms with Crippen LogP contribution in [0, 0.1) is 0 Å². The van der Waals surface area contributed by atoms with Crippen LogP contribution in [0.2, 0.25) is 0 Å². The van der Waals surface area contributed by atoms with Gasteiger partial charge in [-0.3, -0.25) is 0 Å². The number of aryl methyl sites for hydroxylation is 1. The summed E-state index contributed by atoms with van der Waals surface area (Å²) >= 11 is 1.69. The fourth-order valence-corrected chi connectivity index (χ4v) is 5.43. The molecule has 0 spiro atoms. The second-order valence-electron chi connectivity index (χ2n) is 8.97. The van der Waals surface area contributed by atoms with Crippen molar-refractivity contribution in [1.29, 1.82) is 0 Å². The molecule has 3 aromatic carbocycles. The molecule has 3 atom stereocenters. The van der Waals surface area contributed by atoms with Gasteiger partial charge in [-0.25, -0.2) is 4.98 Å². The number of thioether (sulfide) groups is 1. The monoisotopic (exact) mass is 501 g/mol. The van der Waals surface area contributed by atoms with E-state index in [0.717, 1.165) is 50.7 Å². The molecular weight excluding hydrogens is 470 g/mol. The molecule has 0 radical (unpaired) electrons. The van der Waals surface area contributed by atoms with Gasteiger partial charge in [0.05, 0.1) is 18.8 Å². The third-order valence-electron chi connectivity index (χ3n) is 6.52. The van der Waals surface area contributed by atoms with E-state index in [0.29, 0.717) is 6.54 Å². The lowest BCUT2D eigenvalue weighted by Crippen LogP contribution is -2.31. The summed E-state index contributed by atoms with van der Waals surface area (Å²) in [5, 5.41) is 10.4. The zero-order chi connectivity index (χ0) is 24.9. The molecule has 2 heterocycles. The van der Waals surface area contributed by atoms with Crippen molar-refractivity contribution in [1.82, 2.24) is 9.55 Å². The van der Waals surface area contributed by atoms with Gasteiger partial charge in [0.15, 0.2) is 11.4 Å². The number of aliphatic hydroxyl groups is 1. The Balaban J connectivity index is 1.37. The summed E-state index contributed by atoms with van der Waals surface area (Å²) in [6.07, 6.45) is 3.91. The number of hydrogen-bond acceptors (Lipinski definition) is 6. The number of nitrogens with zero attached hydrogens (tertiary/aromatic N) is 2. The van der Waals surface area contributed by atoms with Gasteiger partial charge < -0.3 is 24.9 Å². The Morgan fingerprint density at radius 1 is 1.00 bits per heavy atom. The number of aromatic nitrogens is 2. The SMILES string of the molecule is Cn1ccnc1SCC1CC(c2ccc(CO)cc2)OC(c2ccc(-c3ccccc3CN)cc2)O1. The summed E-state index contributed by atoms with van der Waals surface area (Å²) in [6.45, 7) is 0.527. The van der Waals surface area contributed by atoms with E-state index < -0.39 is 6.29 Å². The summed E-state index contributed by atoms with van der Waals surface area (Å²) in [6, 6.07) is 24.5. The summed E-state index contributed by atoms with van der Waals surface area (Å²) in [5.41, 5.74) is 12.3. The Morgan fingerprint density at radius 3 is 2.44 bits per heavy atom. The predicted octanol–water partition coefficient (Wildman–Crippen LogP) is 5.38. The zero-order valence-electron chi connectivity index (χ0n) is 20.3. The topological polar surface area (TPSA) is 82.5 Å². The van der Waals surface area contributed by atoms with E-state index in [1.165, 1.54) is 0 Å². The van der Waals surface area contributed by atoms with Crippen LogP contribution >= 0.6 is 11.8 Å². The number of imidazole rings is 1. The molecule has 36 heavy (non-hydrogen) atoms. The average Bonchev–Trinajstić information content (AvgIpc) is 3.36. The minimum absolute atomic E-state index is 0.00869. The molecule has 1 aliphatic rings. The van der Waals surface area contributed by atoms with Crippen molar-refractivity contribution in [3.63, 3.8) is 0 Å². The highest BCUT2D eigenvalue weighted by Crippen LogP contribution is 2.39. The molecule has 3 unspecified atom stereocenters. The molecular formula is C29H31N3O3S. The van der Waals surface area contributed by atoms with Crippen molar-refractivity contribution >= 4 is 11.8 Å². The largest absolute Gasteiger partial charge is 0.392 e. The number of nitrogens with two attached hydrogens (primary N) is 1. The second-order valence-corrected chi connectivity index (χ2v) is 9.95. The van der Waals surface area contributed by atoms with Gasteiger partial charge in [0.25, 0.3) is 0 Å². The minimum Gasteiger partial charge on any atom is -0.392 e. The van der Waals surface area contributed by atoms with Gasteiger partial charge in [0.2, 0.25) is 0 Å². The Kier molecular flexibility index (Phi) is 7.84. The van der Waals surface area contributed by atoms with Crippen molar-refractivity contribution in [3.05, 3.63) is 107 Å². The van der Waals surface area contributed by atoms with Gasteiger partial charge in [0.1, 0.15) is 0 Å². The van der Waals surface area contributed by atoms with Gasteiger partial charge in [-0.2, -0.15) is 0 Å². The summed E-state index contributed by atoms with van der Waals surface area (Å²) in [4.78, 5) is 4.43. The first-order valence-electron chi connectivity index (χ1n) is 12.1. The molecule has 1 saturated heterocycles. The molecule has 1 aromatic heterocycles. The Morgan fingerprint density at radius 2 is 1.75 bits per heavy atom. The lowest BCUT2D eigenvalue weighted by atomic mass is 9.98. The highest BCUT2D eigenvalue weighted by molar-refractivity contribution is 7.99. The summed E-state index contributed by atoms with van der Waals surface area (Å²) in [5.74, 6) is 0.776. The van der Waals surface area contributed by atoms with E-state index >= 15 is 0 Å². The number of ether oxygens (including phenoxy) is 2. The van der Waals surface area contributed by atoms with Crippen LogP contribution < -0.4 is 5.73 Å². The highest BCUT2D eigenvalue weighted by Gasteiger charge is 2.32. The molecule has 5 rings (SSSR count). The minimum atomic E-state index is -0.480. The average molecular weight is 502 g/mol. The first-order valence-corrected chi connectivity index (χ1v) is 13.1. The number of rotatable bonds is 8. The molecule has 0 aliphatic carbocycles. The fraction of sp³-hybridized carbons (Fsp3) is 0.276. The molecule has 186 valence electrons. The van der Waals surface area contributed by atoms with Crippen molar-refractivity contribution in [2.75, 3.05) is 5.75 Å². The first kappa shape index (κ1) is 24.7. The van der Waals surface area contributed by atoms with Crippen LogP contribution in [-0.4, -0.2) is 26.5 Å². The van der Waals surface area contributed by atoms with Crippen LogP contribution in [0.15, 0.2) is 90.3 Å². The van der Waals surface area contributed by atoms with E-state index in [4.69, 9.17) is 15.2 Å². The maximum absolute atomic E-state index is 9.42.